The average Bonchev–Trinajstić information content (AvgIpc) is 3.02. The van der Waals surface area contributed by atoms with E-state index < -0.39 is 0 Å². The average molecular weight is 215 g/mol. The van der Waals surface area contributed by atoms with Crippen molar-refractivity contribution in [2.45, 2.75) is 45.1 Å². The molecule has 0 amide bonds. The van der Waals surface area contributed by atoms with Gasteiger partial charge in [-0.2, -0.15) is 0 Å². The Labute approximate surface area is 90.9 Å². The second-order valence-electron chi connectivity index (χ2n) is 3.96. The summed E-state index contributed by atoms with van der Waals surface area (Å²) in [6, 6.07) is 0.704. The van der Waals surface area contributed by atoms with Crippen LogP contribution < -0.4 is 11.4 Å². The van der Waals surface area contributed by atoms with Crippen LogP contribution in [0.2, 0.25) is 0 Å². The van der Waals surface area contributed by atoms with Crippen LogP contribution in [0.1, 0.15) is 39.0 Å². The van der Waals surface area contributed by atoms with Gasteiger partial charge in [-0.3, -0.25) is 9.69 Å². The Balaban J connectivity index is 2.16. The Morgan fingerprint density at radius 1 is 1.53 bits per heavy atom. The van der Waals surface area contributed by atoms with Crippen molar-refractivity contribution in [3.8, 4) is 0 Å². The highest BCUT2D eigenvalue weighted by atomic mass is 16.7. The standard InChI is InChI=1S/C10H21N3O2/c1-2-3-7-13(9-4-5-9)8-6-10(14)15-12-11/h9,12H,2-8,11H2,1H3. The number of hydrogen-bond donors (Lipinski definition) is 2. The van der Waals surface area contributed by atoms with E-state index in [1.165, 1.54) is 25.7 Å². The lowest BCUT2D eigenvalue weighted by molar-refractivity contribution is -0.151. The van der Waals surface area contributed by atoms with Crippen LogP contribution in [0.3, 0.4) is 0 Å². The van der Waals surface area contributed by atoms with Gasteiger partial charge in [-0.05, 0) is 25.8 Å². The highest BCUT2D eigenvalue weighted by molar-refractivity contribution is 5.69. The van der Waals surface area contributed by atoms with Gasteiger partial charge in [0.05, 0.1) is 6.42 Å². The molecule has 0 aromatic rings. The monoisotopic (exact) mass is 215 g/mol. The van der Waals surface area contributed by atoms with Crippen molar-refractivity contribution in [1.29, 1.82) is 0 Å². The topological polar surface area (TPSA) is 67.6 Å². The van der Waals surface area contributed by atoms with Gasteiger partial charge in [0.1, 0.15) is 0 Å². The zero-order chi connectivity index (χ0) is 11.1. The fourth-order valence-electron chi connectivity index (χ4n) is 1.63. The highest BCUT2D eigenvalue weighted by Crippen LogP contribution is 2.27. The second kappa shape index (κ2) is 6.76. The first-order valence-electron chi connectivity index (χ1n) is 5.67. The number of unbranched alkanes of at least 4 members (excludes halogenated alkanes) is 1. The largest absolute Gasteiger partial charge is 0.356 e. The molecule has 1 aliphatic rings. The normalized spacial score (nSPS) is 15.7. The zero-order valence-corrected chi connectivity index (χ0v) is 9.37. The molecule has 0 saturated heterocycles. The van der Waals surface area contributed by atoms with Crippen molar-refractivity contribution in [2.24, 2.45) is 5.84 Å². The van der Waals surface area contributed by atoms with Gasteiger partial charge in [0.2, 0.25) is 0 Å². The molecule has 0 aliphatic heterocycles. The minimum atomic E-state index is -0.292. The maximum absolute atomic E-state index is 11.1. The third kappa shape index (κ3) is 5.11. The number of rotatable bonds is 8. The molecular formula is C10H21N3O2. The van der Waals surface area contributed by atoms with Gasteiger partial charge in [0, 0.05) is 12.6 Å². The molecule has 88 valence electrons. The first-order valence-corrected chi connectivity index (χ1v) is 5.67. The Morgan fingerprint density at radius 2 is 2.27 bits per heavy atom. The van der Waals surface area contributed by atoms with E-state index in [4.69, 9.17) is 5.84 Å². The molecule has 0 aromatic heterocycles. The Bertz CT molecular complexity index is 195. The first kappa shape index (κ1) is 12.4. The third-order valence-electron chi connectivity index (χ3n) is 2.64. The maximum atomic E-state index is 11.1. The second-order valence-corrected chi connectivity index (χ2v) is 3.96. The quantitative estimate of drug-likeness (QED) is 0.457. The summed E-state index contributed by atoms with van der Waals surface area (Å²) in [6.45, 7) is 4.05. The minimum absolute atomic E-state index is 0.292. The van der Waals surface area contributed by atoms with E-state index in [-0.39, 0.29) is 5.97 Å². The SMILES string of the molecule is CCCCN(CCC(=O)ONN)C1CC1. The zero-order valence-electron chi connectivity index (χ0n) is 9.37. The van der Waals surface area contributed by atoms with E-state index in [1.54, 1.807) is 0 Å². The molecule has 5 nitrogen and oxygen atoms in total. The lowest BCUT2D eigenvalue weighted by Gasteiger charge is -2.20. The van der Waals surface area contributed by atoms with Crippen LogP contribution in [0.15, 0.2) is 0 Å². The summed E-state index contributed by atoms with van der Waals surface area (Å²) in [4.78, 5) is 17.9. The number of carbonyl (C=O) groups excluding carboxylic acids is 1. The predicted molar refractivity (Wildman–Crippen MR) is 57.5 cm³/mol. The molecule has 15 heavy (non-hydrogen) atoms. The van der Waals surface area contributed by atoms with Crippen LogP contribution in [-0.2, 0) is 9.63 Å². The Kier molecular flexibility index (Phi) is 5.60. The van der Waals surface area contributed by atoms with Crippen LogP contribution >= 0.6 is 0 Å². The molecule has 1 aliphatic carbocycles. The Hall–Kier alpha value is -0.650. The molecule has 1 rings (SSSR count). The van der Waals surface area contributed by atoms with Gasteiger partial charge >= 0.3 is 5.97 Å². The third-order valence-corrected chi connectivity index (χ3v) is 2.64. The highest BCUT2D eigenvalue weighted by Gasteiger charge is 2.28. The van der Waals surface area contributed by atoms with Gasteiger partial charge < -0.3 is 4.84 Å². The van der Waals surface area contributed by atoms with E-state index >= 15 is 0 Å². The first-order chi connectivity index (χ1) is 7.27. The molecule has 0 heterocycles. The molecule has 1 saturated carbocycles. The van der Waals surface area contributed by atoms with E-state index in [2.05, 4.69) is 16.7 Å². The minimum Gasteiger partial charge on any atom is -0.356 e. The molecule has 0 unspecified atom stereocenters. The molecule has 0 aromatic carbocycles. The van der Waals surface area contributed by atoms with Gasteiger partial charge in [-0.25, -0.2) is 5.84 Å². The summed E-state index contributed by atoms with van der Waals surface area (Å²) in [5, 5.41) is 0. The molecular weight excluding hydrogens is 194 g/mol. The van der Waals surface area contributed by atoms with E-state index in [0.717, 1.165) is 13.1 Å². The van der Waals surface area contributed by atoms with Crippen LogP contribution in [0.5, 0.6) is 0 Å². The molecule has 0 atom stereocenters. The fraction of sp³-hybridized carbons (Fsp3) is 0.900. The summed E-state index contributed by atoms with van der Waals surface area (Å²) in [5.41, 5.74) is 1.91. The molecule has 0 bridgehead atoms. The summed E-state index contributed by atoms with van der Waals surface area (Å²) in [7, 11) is 0. The van der Waals surface area contributed by atoms with Gasteiger partial charge in [-0.1, -0.05) is 18.9 Å². The van der Waals surface area contributed by atoms with Crippen molar-refractivity contribution in [3.05, 3.63) is 0 Å². The van der Waals surface area contributed by atoms with Gasteiger partial charge in [-0.15, -0.1) is 0 Å². The number of hydrazine groups is 1. The number of nitrogens with two attached hydrogens (primary N) is 1. The van der Waals surface area contributed by atoms with Crippen molar-refractivity contribution < 1.29 is 9.63 Å². The number of nitrogens with one attached hydrogen (secondary N) is 1. The molecule has 0 radical (unpaired) electrons. The summed E-state index contributed by atoms with van der Waals surface area (Å²) in [5.74, 6) is 4.59. The van der Waals surface area contributed by atoms with E-state index in [9.17, 15) is 4.79 Å². The number of carbonyl (C=O) groups is 1. The summed E-state index contributed by atoms with van der Waals surface area (Å²) in [6.07, 6.45) is 5.34. The van der Waals surface area contributed by atoms with Crippen molar-refractivity contribution in [3.63, 3.8) is 0 Å². The summed E-state index contributed by atoms with van der Waals surface area (Å²) >= 11 is 0. The van der Waals surface area contributed by atoms with E-state index in [1.807, 2.05) is 5.59 Å². The van der Waals surface area contributed by atoms with Gasteiger partial charge in [0.15, 0.2) is 0 Å². The van der Waals surface area contributed by atoms with Gasteiger partial charge in [0.25, 0.3) is 0 Å². The summed E-state index contributed by atoms with van der Waals surface area (Å²) < 4.78 is 0. The van der Waals surface area contributed by atoms with Crippen molar-refractivity contribution in [2.75, 3.05) is 13.1 Å². The fourth-order valence-corrected chi connectivity index (χ4v) is 1.63. The molecule has 3 N–H and O–H groups in total. The predicted octanol–water partition coefficient (Wildman–Crippen LogP) is 0.563. The maximum Gasteiger partial charge on any atom is 0.327 e. The van der Waals surface area contributed by atoms with Crippen LogP contribution in [0.4, 0.5) is 0 Å². The van der Waals surface area contributed by atoms with Crippen molar-refractivity contribution in [1.82, 2.24) is 10.5 Å². The van der Waals surface area contributed by atoms with Crippen molar-refractivity contribution >= 4 is 5.97 Å². The number of nitrogens with zero attached hydrogens (tertiary/aromatic N) is 1. The number of hydrogen-bond acceptors (Lipinski definition) is 5. The smallest absolute Gasteiger partial charge is 0.327 e. The van der Waals surface area contributed by atoms with Crippen LogP contribution in [-0.4, -0.2) is 30.0 Å². The Morgan fingerprint density at radius 3 is 2.80 bits per heavy atom. The van der Waals surface area contributed by atoms with Crippen LogP contribution in [0.25, 0.3) is 0 Å². The van der Waals surface area contributed by atoms with E-state index in [0.29, 0.717) is 12.5 Å². The molecule has 0 spiro atoms. The molecule has 1 fully saturated rings. The van der Waals surface area contributed by atoms with Crippen LogP contribution in [0, 0.1) is 0 Å². The lowest BCUT2D eigenvalue weighted by Crippen LogP contribution is -2.32. The lowest BCUT2D eigenvalue weighted by atomic mass is 10.3. The molecule has 5 heteroatoms.